The number of nitrogens with zero attached hydrogens (tertiary/aromatic N) is 5. The predicted molar refractivity (Wildman–Crippen MR) is 119 cm³/mol. The van der Waals surface area contributed by atoms with E-state index in [-0.39, 0.29) is 24.0 Å². The largest absolute Gasteiger partial charge is 0.357 e. The van der Waals surface area contributed by atoms with Crippen LogP contribution < -0.4 is 5.56 Å². The molecule has 1 fully saturated rings. The first-order chi connectivity index (χ1) is 15.6. The van der Waals surface area contributed by atoms with E-state index in [0.29, 0.717) is 11.1 Å². The van der Waals surface area contributed by atoms with Crippen LogP contribution >= 0.6 is 11.8 Å². The Kier molecular flexibility index (Phi) is 5.75. The third-order valence-corrected chi connectivity index (χ3v) is 6.38. The number of pyridine rings is 1. The van der Waals surface area contributed by atoms with Crippen LogP contribution in [0.25, 0.3) is 10.8 Å². The van der Waals surface area contributed by atoms with E-state index in [1.54, 1.807) is 37.0 Å². The van der Waals surface area contributed by atoms with Gasteiger partial charge in [0.15, 0.2) is 0 Å². The molecule has 0 bridgehead atoms. The minimum atomic E-state index is -0.449. The number of hydrogen-bond acceptors (Lipinski definition) is 6. The molecule has 0 aliphatic carbocycles. The summed E-state index contributed by atoms with van der Waals surface area (Å²) < 4.78 is 23.0. The van der Waals surface area contributed by atoms with Gasteiger partial charge in [-0.05, 0) is 56.5 Å². The summed E-state index contributed by atoms with van der Waals surface area (Å²) in [4.78, 5) is 19.1. The van der Waals surface area contributed by atoms with Gasteiger partial charge in [0.2, 0.25) is 0 Å². The van der Waals surface area contributed by atoms with E-state index in [4.69, 9.17) is 4.74 Å². The number of halogens is 1. The highest BCUT2D eigenvalue weighted by atomic mass is 32.2. The quantitative estimate of drug-likeness (QED) is 0.450. The van der Waals surface area contributed by atoms with Crippen LogP contribution in [0.4, 0.5) is 4.39 Å². The molecule has 0 spiro atoms. The van der Waals surface area contributed by atoms with Crippen molar-refractivity contribution in [2.45, 2.75) is 48.7 Å². The van der Waals surface area contributed by atoms with Crippen molar-refractivity contribution in [3.8, 4) is 0 Å². The summed E-state index contributed by atoms with van der Waals surface area (Å²) in [6, 6.07) is 8.57. The van der Waals surface area contributed by atoms with E-state index in [0.717, 1.165) is 41.0 Å². The molecule has 7 nitrogen and oxygen atoms in total. The number of aryl methyl sites for hydroxylation is 1. The van der Waals surface area contributed by atoms with Crippen molar-refractivity contribution in [2.24, 2.45) is 0 Å². The molecule has 1 atom stereocenters. The van der Waals surface area contributed by atoms with Gasteiger partial charge < -0.3 is 4.74 Å². The Labute approximate surface area is 188 Å². The zero-order valence-electron chi connectivity index (χ0n) is 17.6. The Bertz CT molecular complexity index is 1330. The Hall–Kier alpha value is -3.04. The Morgan fingerprint density at radius 3 is 2.91 bits per heavy atom. The van der Waals surface area contributed by atoms with E-state index in [9.17, 15) is 9.18 Å². The first-order valence-electron chi connectivity index (χ1n) is 10.5. The highest BCUT2D eigenvalue weighted by Gasteiger charge is 2.17. The van der Waals surface area contributed by atoms with Gasteiger partial charge in [-0.2, -0.15) is 10.2 Å². The minimum absolute atomic E-state index is 0.00472. The second kappa shape index (κ2) is 8.84. The molecule has 3 aromatic heterocycles. The lowest BCUT2D eigenvalue weighted by Gasteiger charge is -2.22. The second-order valence-corrected chi connectivity index (χ2v) is 8.96. The van der Waals surface area contributed by atoms with Crippen LogP contribution in [0.1, 0.15) is 36.9 Å². The summed E-state index contributed by atoms with van der Waals surface area (Å²) in [6.07, 6.45) is 8.68. The Morgan fingerprint density at radius 2 is 2.06 bits per heavy atom. The van der Waals surface area contributed by atoms with Crippen molar-refractivity contribution in [3.63, 3.8) is 0 Å². The van der Waals surface area contributed by atoms with Gasteiger partial charge >= 0.3 is 0 Å². The summed E-state index contributed by atoms with van der Waals surface area (Å²) in [5.74, 6) is -0.449. The maximum absolute atomic E-state index is 14.1. The minimum Gasteiger partial charge on any atom is -0.357 e. The van der Waals surface area contributed by atoms with Gasteiger partial charge in [-0.15, -0.1) is 0 Å². The lowest BCUT2D eigenvalue weighted by Crippen LogP contribution is -2.24. The molecule has 0 N–H and O–H groups in total. The van der Waals surface area contributed by atoms with Gasteiger partial charge in [0, 0.05) is 28.8 Å². The normalized spacial score (nSPS) is 16.5. The van der Waals surface area contributed by atoms with Gasteiger partial charge in [-0.1, -0.05) is 11.8 Å². The summed E-state index contributed by atoms with van der Waals surface area (Å²) >= 11 is 1.57. The number of hydrogen-bond donors (Lipinski definition) is 0. The summed E-state index contributed by atoms with van der Waals surface area (Å²) in [6.45, 7) is 2.54. The van der Waals surface area contributed by atoms with Crippen LogP contribution in [-0.4, -0.2) is 31.2 Å². The van der Waals surface area contributed by atoms with E-state index >= 15 is 0 Å². The molecule has 0 radical (unpaired) electrons. The van der Waals surface area contributed by atoms with Crippen LogP contribution in [0.15, 0.2) is 63.5 Å². The van der Waals surface area contributed by atoms with Crippen molar-refractivity contribution in [3.05, 3.63) is 76.5 Å². The van der Waals surface area contributed by atoms with Crippen LogP contribution in [0.2, 0.25) is 0 Å². The third-order valence-electron chi connectivity index (χ3n) is 5.45. The smallest absolute Gasteiger partial charge is 0.274 e. The maximum Gasteiger partial charge on any atom is 0.274 e. The van der Waals surface area contributed by atoms with Crippen molar-refractivity contribution in [2.75, 3.05) is 6.61 Å². The Balaban J connectivity index is 1.37. The van der Waals surface area contributed by atoms with Crippen LogP contribution in [-0.2, 0) is 11.3 Å². The standard InChI is InChI=1S/C23H22FN5O2S/c1-15-5-8-20(24)21(27-15)14-29-23(30)19-7-6-17(10-16(19)11-25-29)32-18-12-26-28(13-18)22-4-2-3-9-31-22/h5-8,10-13,22H,2-4,9,14H2,1H3. The van der Waals surface area contributed by atoms with Crippen LogP contribution in [0, 0.1) is 12.7 Å². The van der Waals surface area contributed by atoms with Gasteiger partial charge in [0.05, 0.1) is 34.9 Å². The Morgan fingerprint density at radius 1 is 1.16 bits per heavy atom. The van der Waals surface area contributed by atoms with Crippen LogP contribution in [0.5, 0.6) is 0 Å². The molecular formula is C23H22FN5O2S. The van der Waals surface area contributed by atoms with Gasteiger partial charge in [-0.25, -0.2) is 13.8 Å². The fraction of sp³-hybridized carbons (Fsp3) is 0.304. The fourth-order valence-corrected chi connectivity index (χ4v) is 4.64. The van der Waals surface area contributed by atoms with Gasteiger partial charge in [0.25, 0.3) is 5.56 Å². The van der Waals surface area contributed by atoms with Crippen molar-refractivity contribution in [1.82, 2.24) is 24.5 Å². The highest BCUT2D eigenvalue weighted by Crippen LogP contribution is 2.31. The SMILES string of the molecule is Cc1ccc(F)c(Cn2ncc3cc(Sc4cnn(C5CCCCO5)c4)ccc3c2=O)n1. The summed E-state index contributed by atoms with van der Waals surface area (Å²) in [5.41, 5.74) is 0.615. The topological polar surface area (TPSA) is 74.8 Å². The molecule has 0 saturated carbocycles. The zero-order valence-corrected chi connectivity index (χ0v) is 18.4. The fourth-order valence-electron chi connectivity index (χ4n) is 3.79. The molecule has 0 amide bonds. The lowest BCUT2D eigenvalue weighted by atomic mass is 10.2. The first-order valence-corrected chi connectivity index (χ1v) is 11.3. The number of fused-ring (bicyclic) bond motifs is 1. The van der Waals surface area contributed by atoms with E-state index in [1.807, 2.05) is 29.2 Å². The van der Waals surface area contributed by atoms with Crippen molar-refractivity contribution in [1.29, 1.82) is 0 Å². The lowest BCUT2D eigenvalue weighted by molar-refractivity contribution is -0.0396. The molecule has 1 aromatic carbocycles. The number of benzene rings is 1. The van der Waals surface area contributed by atoms with Crippen LogP contribution in [0.3, 0.4) is 0 Å². The first kappa shape index (κ1) is 20.8. The molecular weight excluding hydrogens is 429 g/mol. The van der Waals surface area contributed by atoms with E-state index in [2.05, 4.69) is 15.2 Å². The molecule has 164 valence electrons. The van der Waals surface area contributed by atoms with E-state index < -0.39 is 5.82 Å². The highest BCUT2D eigenvalue weighted by molar-refractivity contribution is 7.99. The van der Waals surface area contributed by atoms with Gasteiger partial charge in [-0.3, -0.25) is 9.78 Å². The molecule has 1 saturated heterocycles. The molecule has 1 aliphatic heterocycles. The average Bonchev–Trinajstić information content (AvgIpc) is 3.27. The molecule has 4 aromatic rings. The van der Waals surface area contributed by atoms with E-state index in [1.165, 1.54) is 10.7 Å². The maximum atomic E-state index is 14.1. The molecule has 9 heteroatoms. The zero-order chi connectivity index (χ0) is 22.1. The molecule has 1 aliphatic rings. The van der Waals surface area contributed by atoms with Crippen molar-refractivity contribution >= 4 is 22.5 Å². The summed E-state index contributed by atoms with van der Waals surface area (Å²) in [7, 11) is 0. The third kappa shape index (κ3) is 4.31. The second-order valence-electron chi connectivity index (χ2n) is 7.82. The number of ether oxygens (including phenoxy) is 1. The molecule has 5 rings (SSSR count). The number of aromatic nitrogens is 5. The molecule has 1 unspecified atom stereocenters. The molecule has 32 heavy (non-hydrogen) atoms. The summed E-state index contributed by atoms with van der Waals surface area (Å²) in [5, 5.41) is 9.95. The predicted octanol–water partition coefficient (Wildman–Crippen LogP) is 4.33. The average molecular weight is 452 g/mol. The number of rotatable bonds is 5. The van der Waals surface area contributed by atoms with Gasteiger partial charge in [0.1, 0.15) is 12.0 Å². The van der Waals surface area contributed by atoms with Crippen molar-refractivity contribution < 1.29 is 9.13 Å². The molecule has 4 heterocycles. The monoisotopic (exact) mass is 451 g/mol.